The fourth-order valence-corrected chi connectivity index (χ4v) is 4.29. The Morgan fingerprint density at radius 2 is 2.04 bits per heavy atom. The van der Waals surface area contributed by atoms with Crippen LogP contribution >= 0.6 is 0 Å². The summed E-state index contributed by atoms with van der Waals surface area (Å²) in [4.78, 5) is 19.1. The van der Waals surface area contributed by atoms with Gasteiger partial charge in [-0.3, -0.25) is 14.7 Å². The average Bonchev–Trinajstić information content (AvgIpc) is 3.18. The van der Waals surface area contributed by atoms with Crippen molar-refractivity contribution in [1.82, 2.24) is 15.2 Å². The molecule has 2 aliphatic rings. The average molecular weight is 335 g/mol. The number of nitrogens with one attached hydrogen (secondary N) is 1. The van der Waals surface area contributed by atoms with Gasteiger partial charge in [0.05, 0.1) is 6.42 Å². The molecule has 0 spiro atoms. The number of amides is 1. The first-order chi connectivity index (χ1) is 12.2. The van der Waals surface area contributed by atoms with Gasteiger partial charge < -0.3 is 5.32 Å². The number of piperidine rings is 1. The van der Waals surface area contributed by atoms with Crippen molar-refractivity contribution in [3.63, 3.8) is 0 Å². The third kappa shape index (κ3) is 3.74. The Morgan fingerprint density at radius 3 is 2.72 bits per heavy atom. The Hall–Kier alpha value is -2.20. The summed E-state index contributed by atoms with van der Waals surface area (Å²) in [5, 5.41) is 3.28. The smallest absolute Gasteiger partial charge is 0.224 e. The van der Waals surface area contributed by atoms with E-state index < -0.39 is 0 Å². The molecule has 1 amide bonds. The van der Waals surface area contributed by atoms with Crippen molar-refractivity contribution in [1.29, 1.82) is 0 Å². The van der Waals surface area contributed by atoms with E-state index in [0.717, 1.165) is 25.1 Å². The summed E-state index contributed by atoms with van der Waals surface area (Å²) in [6, 6.07) is 13.3. The molecular formula is C21H25N3O. The number of aryl methyl sites for hydroxylation is 1. The van der Waals surface area contributed by atoms with Gasteiger partial charge in [0.15, 0.2) is 0 Å². The number of aromatic nitrogens is 1. The van der Waals surface area contributed by atoms with Gasteiger partial charge >= 0.3 is 0 Å². The van der Waals surface area contributed by atoms with Gasteiger partial charge in [-0.25, -0.2) is 0 Å². The van der Waals surface area contributed by atoms with Gasteiger partial charge in [0, 0.05) is 37.6 Å². The van der Waals surface area contributed by atoms with Crippen LogP contribution < -0.4 is 5.32 Å². The third-order valence-corrected chi connectivity index (χ3v) is 5.60. The first-order valence-corrected chi connectivity index (χ1v) is 9.15. The summed E-state index contributed by atoms with van der Waals surface area (Å²) in [6.45, 7) is 4.12. The number of likely N-dealkylation sites (tertiary alicyclic amines) is 1. The molecule has 1 N–H and O–H groups in total. The minimum atomic E-state index is 0.153. The molecule has 0 unspecified atom stereocenters. The highest BCUT2D eigenvalue weighted by Gasteiger charge is 2.44. The second-order valence-electron chi connectivity index (χ2n) is 7.51. The van der Waals surface area contributed by atoms with Crippen LogP contribution in [0.15, 0.2) is 48.8 Å². The molecule has 130 valence electrons. The molecule has 4 heteroatoms. The Bertz CT molecular complexity index is 729. The summed E-state index contributed by atoms with van der Waals surface area (Å²) >= 11 is 0. The molecule has 3 atom stereocenters. The topological polar surface area (TPSA) is 45.2 Å². The summed E-state index contributed by atoms with van der Waals surface area (Å²) < 4.78 is 0. The zero-order valence-electron chi connectivity index (χ0n) is 14.7. The van der Waals surface area contributed by atoms with Gasteiger partial charge in [-0.15, -0.1) is 0 Å². The lowest BCUT2D eigenvalue weighted by molar-refractivity contribution is -0.121. The van der Waals surface area contributed by atoms with Crippen LogP contribution in [0, 0.1) is 12.8 Å². The molecule has 2 fully saturated rings. The number of fused-ring (bicyclic) bond motifs is 2. The van der Waals surface area contributed by atoms with Crippen molar-refractivity contribution >= 4 is 5.91 Å². The second kappa shape index (κ2) is 6.96. The van der Waals surface area contributed by atoms with Crippen LogP contribution in [-0.4, -0.2) is 34.4 Å². The Balaban J connectivity index is 1.29. The van der Waals surface area contributed by atoms with Crippen LogP contribution in [-0.2, 0) is 17.8 Å². The van der Waals surface area contributed by atoms with Crippen LogP contribution in [0.1, 0.15) is 29.5 Å². The maximum atomic E-state index is 12.4. The molecule has 4 rings (SSSR count). The van der Waals surface area contributed by atoms with Crippen molar-refractivity contribution in [2.75, 3.05) is 6.54 Å². The molecule has 4 nitrogen and oxygen atoms in total. The molecule has 1 saturated heterocycles. The standard InChI is InChI=1S/C21H25N3O/c1-15-4-6-16(7-5-15)9-21(25)23-20-11-19-10-18(20)14-24(19)13-17-3-2-8-22-12-17/h2-8,12,18-20H,9-11,13-14H2,1H3,(H,23,25)/t18-,19+,20+/m0/s1. The largest absolute Gasteiger partial charge is 0.353 e. The normalized spacial score (nSPS) is 25.2. The van der Waals surface area contributed by atoms with Crippen molar-refractivity contribution in [3.05, 3.63) is 65.5 Å². The molecule has 1 aromatic heterocycles. The molecule has 25 heavy (non-hydrogen) atoms. The lowest BCUT2D eigenvalue weighted by Crippen LogP contribution is -2.46. The van der Waals surface area contributed by atoms with Crippen molar-refractivity contribution in [2.24, 2.45) is 5.92 Å². The molecular weight excluding hydrogens is 310 g/mol. The highest BCUT2D eigenvalue weighted by atomic mass is 16.1. The SMILES string of the molecule is Cc1ccc(CC(=O)N[C@@H]2C[C@H]3C[C@H]2CN3Cc2cccnc2)cc1. The van der Waals surface area contributed by atoms with E-state index in [-0.39, 0.29) is 5.91 Å². The molecule has 2 heterocycles. The quantitative estimate of drug-likeness (QED) is 0.914. The highest BCUT2D eigenvalue weighted by molar-refractivity contribution is 5.79. The van der Waals surface area contributed by atoms with Crippen LogP contribution in [0.3, 0.4) is 0 Å². The summed E-state index contributed by atoms with van der Waals surface area (Å²) in [7, 11) is 0. The highest BCUT2D eigenvalue weighted by Crippen LogP contribution is 2.38. The van der Waals surface area contributed by atoms with Gasteiger partial charge in [-0.05, 0) is 42.9 Å². The maximum absolute atomic E-state index is 12.4. The first kappa shape index (κ1) is 16.3. The zero-order chi connectivity index (χ0) is 17.2. The minimum Gasteiger partial charge on any atom is -0.353 e. The van der Waals surface area contributed by atoms with E-state index in [4.69, 9.17) is 0 Å². The van der Waals surface area contributed by atoms with Crippen molar-refractivity contribution < 1.29 is 4.79 Å². The summed E-state index contributed by atoms with van der Waals surface area (Å²) in [6.07, 6.45) is 6.53. The molecule has 2 bridgehead atoms. The number of hydrogen-bond donors (Lipinski definition) is 1. The molecule has 2 aromatic rings. The Kier molecular flexibility index (Phi) is 4.53. The fourth-order valence-electron chi connectivity index (χ4n) is 4.29. The Labute approximate surface area is 149 Å². The van der Waals surface area contributed by atoms with Gasteiger partial charge in [0.25, 0.3) is 0 Å². The van der Waals surface area contributed by atoms with Gasteiger partial charge in [0.1, 0.15) is 0 Å². The van der Waals surface area contributed by atoms with Crippen LogP contribution in [0.25, 0.3) is 0 Å². The number of nitrogens with zero attached hydrogens (tertiary/aromatic N) is 2. The van der Waals surface area contributed by atoms with E-state index in [0.29, 0.717) is 24.4 Å². The van der Waals surface area contributed by atoms with Gasteiger partial charge in [-0.2, -0.15) is 0 Å². The molecule has 1 aliphatic carbocycles. The predicted octanol–water partition coefficient (Wildman–Crippen LogP) is 2.71. The Morgan fingerprint density at radius 1 is 1.20 bits per heavy atom. The number of pyridine rings is 1. The molecule has 1 aromatic carbocycles. The van der Waals surface area contributed by atoms with E-state index in [1.54, 1.807) is 0 Å². The number of rotatable bonds is 5. The fraction of sp³-hybridized carbons (Fsp3) is 0.429. The van der Waals surface area contributed by atoms with Crippen molar-refractivity contribution in [3.8, 4) is 0 Å². The van der Waals surface area contributed by atoms with Crippen LogP contribution in [0.2, 0.25) is 0 Å². The van der Waals surface area contributed by atoms with E-state index in [1.165, 1.54) is 17.5 Å². The van der Waals surface area contributed by atoms with E-state index in [2.05, 4.69) is 40.3 Å². The van der Waals surface area contributed by atoms with Gasteiger partial charge in [0.2, 0.25) is 5.91 Å². The number of benzene rings is 1. The monoisotopic (exact) mass is 335 g/mol. The van der Waals surface area contributed by atoms with Crippen molar-refractivity contribution in [2.45, 2.75) is 44.8 Å². The predicted molar refractivity (Wildman–Crippen MR) is 98.0 cm³/mol. The number of carbonyl (C=O) groups excluding carboxylic acids is 1. The maximum Gasteiger partial charge on any atom is 0.224 e. The lowest BCUT2D eigenvalue weighted by atomic mass is 10.0. The van der Waals surface area contributed by atoms with E-state index >= 15 is 0 Å². The summed E-state index contributed by atoms with van der Waals surface area (Å²) in [5.41, 5.74) is 3.59. The summed E-state index contributed by atoms with van der Waals surface area (Å²) in [5.74, 6) is 0.740. The van der Waals surface area contributed by atoms with E-state index in [1.807, 2.05) is 30.6 Å². The first-order valence-electron chi connectivity index (χ1n) is 9.15. The zero-order valence-corrected chi connectivity index (χ0v) is 14.7. The second-order valence-corrected chi connectivity index (χ2v) is 7.51. The van der Waals surface area contributed by atoms with Gasteiger partial charge in [-0.1, -0.05) is 35.9 Å². The molecule has 0 radical (unpaired) electrons. The molecule has 1 aliphatic heterocycles. The molecule has 1 saturated carbocycles. The number of carbonyl (C=O) groups is 1. The third-order valence-electron chi connectivity index (χ3n) is 5.60. The lowest BCUT2D eigenvalue weighted by Gasteiger charge is -2.32. The van der Waals surface area contributed by atoms with Crippen LogP contribution in [0.4, 0.5) is 0 Å². The van der Waals surface area contributed by atoms with Crippen LogP contribution in [0.5, 0.6) is 0 Å². The number of hydrogen-bond acceptors (Lipinski definition) is 3. The van der Waals surface area contributed by atoms with E-state index in [9.17, 15) is 4.79 Å². The minimum absolute atomic E-state index is 0.153.